The molecule has 1 aromatic heterocycles. The van der Waals surface area contributed by atoms with E-state index < -0.39 is 18.1 Å². The number of carbonyl (C=O) groups is 1. The normalized spacial score (nSPS) is 11.3. The van der Waals surface area contributed by atoms with Gasteiger partial charge in [-0.1, -0.05) is 13.0 Å². The van der Waals surface area contributed by atoms with Gasteiger partial charge in [-0.15, -0.1) is 13.2 Å². The van der Waals surface area contributed by atoms with E-state index >= 15 is 0 Å². The lowest BCUT2D eigenvalue weighted by Gasteiger charge is -2.08. The van der Waals surface area contributed by atoms with Crippen molar-refractivity contribution >= 4 is 5.97 Å². The predicted molar refractivity (Wildman–Crippen MR) is 74.0 cm³/mol. The fraction of sp³-hybridized carbons (Fsp3) is 0.333. The van der Waals surface area contributed by atoms with Crippen LogP contribution in [0.5, 0.6) is 5.75 Å². The monoisotopic (exact) mass is 329 g/mol. The van der Waals surface area contributed by atoms with E-state index in [4.69, 9.17) is 9.15 Å². The molecule has 8 heteroatoms. The highest BCUT2D eigenvalue weighted by molar-refractivity contribution is 5.89. The van der Waals surface area contributed by atoms with Crippen LogP contribution in [0.3, 0.4) is 0 Å². The number of nitrogens with zero attached hydrogens (tertiary/aromatic N) is 1. The SMILES string of the molecule is CCOC(=O)c1nc(-c2cccc(OC(F)(F)F)c2)oc1CC. The average molecular weight is 329 g/mol. The molecule has 0 fully saturated rings. The van der Waals surface area contributed by atoms with Crippen molar-refractivity contribution in [2.75, 3.05) is 6.61 Å². The first-order chi connectivity index (χ1) is 10.8. The van der Waals surface area contributed by atoms with Crippen LogP contribution in [0, 0.1) is 0 Å². The number of esters is 1. The van der Waals surface area contributed by atoms with Crippen molar-refractivity contribution < 1.29 is 31.9 Å². The lowest BCUT2D eigenvalue weighted by molar-refractivity contribution is -0.274. The number of benzene rings is 1. The zero-order chi connectivity index (χ0) is 17.0. The number of hydrogen-bond acceptors (Lipinski definition) is 5. The van der Waals surface area contributed by atoms with Gasteiger partial charge in [-0.2, -0.15) is 0 Å². The maximum absolute atomic E-state index is 12.3. The molecule has 1 aromatic carbocycles. The van der Waals surface area contributed by atoms with Gasteiger partial charge in [-0.25, -0.2) is 9.78 Å². The standard InChI is InChI=1S/C15H14F3NO4/c1-3-11-12(14(20)21-4-2)19-13(22-11)9-6-5-7-10(8-9)23-15(16,17)18/h5-8H,3-4H2,1-2H3. The minimum Gasteiger partial charge on any atom is -0.461 e. The second-order valence-electron chi connectivity index (χ2n) is 4.44. The van der Waals surface area contributed by atoms with E-state index in [0.29, 0.717) is 12.2 Å². The topological polar surface area (TPSA) is 61.6 Å². The Morgan fingerprint density at radius 1 is 1.30 bits per heavy atom. The molecule has 0 aliphatic rings. The minimum atomic E-state index is -4.79. The fourth-order valence-electron chi connectivity index (χ4n) is 1.90. The Kier molecular flexibility index (Phi) is 4.92. The summed E-state index contributed by atoms with van der Waals surface area (Å²) in [7, 11) is 0. The van der Waals surface area contributed by atoms with E-state index in [1.165, 1.54) is 12.1 Å². The molecule has 0 saturated carbocycles. The molecule has 0 amide bonds. The van der Waals surface area contributed by atoms with Crippen molar-refractivity contribution in [3.8, 4) is 17.2 Å². The third-order valence-corrected chi connectivity index (χ3v) is 2.80. The van der Waals surface area contributed by atoms with Crippen LogP contribution >= 0.6 is 0 Å². The number of halogens is 3. The Hall–Kier alpha value is -2.51. The van der Waals surface area contributed by atoms with Crippen LogP contribution in [0.1, 0.15) is 30.1 Å². The van der Waals surface area contributed by atoms with Gasteiger partial charge in [0.2, 0.25) is 5.89 Å². The fourth-order valence-corrected chi connectivity index (χ4v) is 1.90. The first kappa shape index (κ1) is 16.9. The summed E-state index contributed by atoms with van der Waals surface area (Å²) in [6, 6.07) is 5.17. The van der Waals surface area contributed by atoms with Crippen molar-refractivity contribution in [2.24, 2.45) is 0 Å². The molecule has 0 unspecified atom stereocenters. The van der Waals surface area contributed by atoms with Crippen LogP contribution in [-0.4, -0.2) is 23.9 Å². The van der Waals surface area contributed by atoms with Crippen LogP contribution in [0.15, 0.2) is 28.7 Å². The van der Waals surface area contributed by atoms with Crippen molar-refractivity contribution in [1.29, 1.82) is 0 Å². The lowest BCUT2D eigenvalue weighted by atomic mass is 10.2. The van der Waals surface area contributed by atoms with Gasteiger partial charge in [0.15, 0.2) is 5.69 Å². The molecule has 23 heavy (non-hydrogen) atoms. The second kappa shape index (κ2) is 6.72. The minimum absolute atomic E-state index is 0.0199. The van der Waals surface area contributed by atoms with Gasteiger partial charge < -0.3 is 13.9 Å². The molecule has 0 radical (unpaired) electrons. The van der Waals surface area contributed by atoms with Gasteiger partial charge in [0.05, 0.1) is 6.61 Å². The Balaban J connectivity index is 2.35. The highest BCUT2D eigenvalue weighted by Crippen LogP contribution is 2.29. The number of carbonyl (C=O) groups excluding carboxylic acids is 1. The van der Waals surface area contributed by atoms with Crippen molar-refractivity contribution in [3.63, 3.8) is 0 Å². The van der Waals surface area contributed by atoms with E-state index in [1.54, 1.807) is 13.8 Å². The number of oxazole rings is 1. The third-order valence-electron chi connectivity index (χ3n) is 2.80. The van der Waals surface area contributed by atoms with Crippen molar-refractivity contribution in [1.82, 2.24) is 4.98 Å². The lowest BCUT2D eigenvalue weighted by Crippen LogP contribution is -2.17. The van der Waals surface area contributed by atoms with Crippen molar-refractivity contribution in [2.45, 2.75) is 26.6 Å². The molecular formula is C15H14F3NO4. The van der Waals surface area contributed by atoms with Gasteiger partial charge in [0.25, 0.3) is 0 Å². The molecule has 0 atom stereocenters. The summed E-state index contributed by atoms with van der Waals surface area (Å²) < 4.78 is 51.0. The summed E-state index contributed by atoms with van der Waals surface area (Å²) in [6.45, 7) is 3.59. The van der Waals surface area contributed by atoms with Gasteiger partial charge >= 0.3 is 12.3 Å². The molecule has 2 aromatic rings. The quantitative estimate of drug-likeness (QED) is 0.777. The van der Waals surface area contributed by atoms with E-state index in [9.17, 15) is 18.0 Å². The molecule has 5 nitrogen and oxygen atoms in total. The molecule has 0 aliphatic heterocycles. The Morgan fingerprint density at radius 2 is 2.04 bits per heavy atom. The van der Waals surface area contributed by atoms with E-state index in [0.717, 1.165) is 12.1 Å². The van der Waals surface area contributed by atoms with Crippen LogP contribution in [0.2, 0.25) is 0 Å². The van der Waals surface area contributed by atoms with E-state index in [-0.39, 0.29) is 23.8 Å². The largest absolute Gasteiger partial charge is 0.573 e. The molecule has 0 aliphatic carbocycles. The first-order valence-corrected chi connectivity index (χ1v) is 6.87. The summed E-state index contributed by atoms with van der Waals surface area (Å²) in [5, 5.41) is 0. The second-order valence-corrected chi connectivity index (χ2v) is 4.44. The number of aromatic nitrogens is 1. The number of hydrogen-bond donors (Lipinski definition) is 0. The van der Waals surface area contributed by atoms with Gasteiger partial charge in [0, 0.05) is 12.0 Å². The first-order valence-electron chi connectivity index (χ1n) is 6.87. The van der Waals surface area contributed by atoms with Gasteiger partial charge in [0.1, 0.15) is 11.5 Å². The summed E-state index contributed by atoms with van der Waals surface area (Å²) in [5.41, 5.74) is 0.281. The molecule has 0 saturated heterocycles. The zero-order valence-electron chi connectivity index (χ0n) is 12.4. The Morgan fingerprint density at radius 3 is 2.65 bits per heavy atom. The smallest absolute Gasteiger partial charge is 0.461 e. The maximum Gasteiger partial charge on any atom is 0.573 e. The van der Waals surface area contributed by atoms with Crippen LogP contribution in [0.25, 0.3) is 11.5 Å². The van der Waals surface area contributed by atoms with E-state index in [1.807, 2.05) is 0 Å². The number of rotatable bonds is 5. The van der Waals surface area contributed by atoms with Crippen LogP contribution < -0.4 is 4.74 Å². The number of ether oxygens (including phenoxy) is 2. The Bertz CT molecular complexity index is 694. The van der Waals surface area contributed by atoms with Crippen LogP contribution in [-0.2, 0) is 11.2 Å². The highest BCUT2D eigenvalue weighted by atomic mass is 19.4. The summed E-state index contributed by atoms with van der Waals surface area (Å²) >= 11 is 0. The molecule has 1 heterocycles. The average Bonchev–Trinajstić information content (AvgIpc) is 2.90. The molecule has 0 spiro atoms. The summed E-state index contributed by atoms with van der Waals surface area (Å²) in [5.74, 6) is -0.705. The Labute approximate surface area is 130 Å². The molecule has 0 N–H and O–H groups in total. The number of alkyl halides is 3. The van der Waals surface area contributed by atoms with Crippen molar-refractivity contribution in [3.05, 3.63) is 35.7 Å². The number of aryl methyl sites for hydroxylation is 1. The third kappa shape index (κ3) is 4.24. The maximum atomic E-state index is 12.3. The molecule has 124 valence electrons. The summed E-state index contributed by atoms with van der Waals surface area (Å²) in [4.78, 5) is 15.8. The summed E-state index contributed by atoms with van der Waals surface area (Å²) in [6.07, 6.45) is -4.40. The zero-order valence-corrected chi connectivity index (χ0v) is 12.4. The molecule has 2 rings (SSSR count). The highest BCUT2D eigenvalue weighted by Gasteiger charge is 2.31. The van der Waals surface area contributed by atoms with Crippen LogP contribution in [0.4, 0.5) is 13.2 Å². The molecule has 0 bridgehead atoms. The predicted octanol–water partition coefficient (Wildman–Crippen LogP) is 3.98. The molecular weight excluding hydrogens is 315 g/mol. The van der Waals surface area contributed by atoms with Gasteiger partial charge in [-0.05, 0) is 25.1 Å². The van der Waals surface area contributed by atoms with E-state index in [2.05, 4.69) is 9.72 Å². The van der Waals surface area contributed by atoms with Gasteiger partial charge in [-0.3, -0.25) is 0 Å².